The predicted octanol–water partition coefficient (Wildman–Crippen LogP) is 2.28. The van der Waals surface area contributed by atoms with Crippen LogP contribution in [0.4, 0.5) is 0 Å². The van der Waals surface area contributed by atoms with Crippen molar-refractivity contribution in [2.24, 2.45) is 0 Å². The lowest BCUT2D eigenvalue weighted by molar-refractivity contribution is -0.142. The molecular formula is C17H13NO6. The first-order valence-electron chi connectivity index (χ1n) is 7.12. The van der Waals surface area contributed by atoms with Crippen LogP contribution in [-0.2, 0) is 20.9 Å². The van der Waals surface area contributed by atoms with Crippen LogP contribution in [0.3, 0.4) is 0 Å². The summed E-state index contributed by atoms with van der Waals surface area (Å²) >= 11 is 0. The zero-order valence-corrected chi connectivity index (χ0v) is 13.0. The van der Waals surface area contributed by atoms with Gasteiger partial charge in [-0.05, 0) is 17.7 Å². The first-order chi connectivity index (χ1) is 11.4. The summed E-state index contributed by atoms with van der Waals surface area (Å²) in [6.07, 6.45) is 0. The molecule has 0 saturated carbocycles. The van der Waals surface area contributed by atoms with Gasteiger partial charge in [-0.25, -0.2) is 4.98 Å². The Morgan fingerprint density at radius 2 is 1.92 bits per heavy atom. The molecule has 0 N–H and O–H groups in total. The lowest BCUT2D eigenvalue weighted by Crippen LogP contribution is -2.12. The van der Waals surface area contributed by atoms with E-state index in [2.05, 4.69) is 4.98 Å². The van der Waals surface area contributed by atoms with E-state index in [4.69, 9.17) is 13.9 Å². The number of rotatable bonds is 3. The maximum atomic E-state index is 11.9. The number of benzene rings is 2. The van der Waals surface area contributed by atoms with Gasteiger partial charge in [-0.1, -0.05) is 6.07 Å². The third-order valence-corrected chi connectivity index (χ3v) is 3.21. The van der Waals surface area contributed by atoms with Crippen LogP contribution in [0, 0.1) is 0 Å². The van der Waals surface area contributed by atoms with Crippen molar-refractivity contribution >= 4 is 23.0 Å². The van der Waals surface area contributed by atoms with E-state index in [1.165, 1.54) is 26.0 Å². The third kappa shape index (κ3) is 3.24. The predicted molar refractivity (Wildman–Crippen MR) is 83.7 cm³/mol. The molecule has 24 heavy (non-hydrogen) atoms. The molecule has 7 nitrogen and oxygen atoms in total. The molecule has 0 bridgehead atoms. The maximum absolute atomic E-state index is 11.9. The Morgan fingerprint density at radius 1 is 1.12 bits per heavy atom. The molecule has 1 aromatic rings. The first kappa shape index (κ1) is 15.7. The fourth-order valence-corrected chi connectivity index (χ4v) is 2.19. The van der Waals surface area contributed by atoms with Gasteiger partial charge in [0.15, 0.2) is 17.1 Å². The average molecular weight is 327 g/mol. The van der Waals surface area contributed by atoms with E-state index in [9.17, 15) is 14.4 Å². The molecule has 1 aromatic carbocycles. The van der Waals surface area contributed by atoms with Crippen LogP contribution < -0.4 is 10.2 Å². The Kier molecular flexibility index (Phi) is 3.99. The Labute approximate surface area is 136 Å². The molecular weight excluding hydrogens is 314 g/mol. The highest BCUT2D eigenvalue weighted by Crippen LogP contribution is 2.27. The van der Waals surface area contributed by atoms with E-state index in [0.29, 0.717) is 16.8 Å². The number of aromatic nitrogens is 1. The standard InChI is InChI=1S/C17H13NO6/c1-9(19)22-8-11-3-4-15-12(5-11)18-13-6-17(23-10(2)20)14(21)7-16(13)24-15/h3-7H,8H2,1-2H3. The topological polar surface area (TPSA) is 95.7 Å². The normalized spacial score (nSPS) is 10.8. The third-order valence-electron chi connectivity index (χ3n) is 3.21. The average Bonchev–Trinajstić information content (AvgIpc) is 2.51. The highest BCUT2D eigenvalue weighted by Gasteiger charge is 2.15. The number of carbonyl (C=O) groups is 2. The fraction of sp³-hybridized carbons (Fsp3) is 0.176. The van der Waals surface area contributed by atoms with Crippen molar-refractivity contribution in [3.8, 4) is 17.2 Å². The first-order valence-corrected chi connectivity index (χ1v) is 7.12. The number of hydrogen-bond donors (Lipinski definition) is 0. The molecule has 1 aliphatic heterocycles. The van der Waals surface area contributed by atoms with Crippen LogP contribution >= 0.6 is 0 Å². The molecule has 0 radical (unpaired) electrons. The largest absolute Gasteiger partial charge is 0.461 e. The van der Waals surface area contributed by atoms with Gasteiger partial charge in [-0.3, -0.25) is 14.4 Å². The van der Waals surface area contributed by atoms with Crippen molar-refractivity contribution in [1.82, 2.24) is 4.98 Å². The second-order valence-corrected chi connectivity index (χ2v) is 5.16. The number of carbonyl (C=O) groups excluding carboxylic acids is 2. The number of nitrogens with zero attached hydrogens (tertiary/aromatic N) is 1. The zero-order chi connectivity index (χ0) is 17.3. The summed E-state index contributed by atoms with van der Waals surface area (Å²) in [4.78, 5) is 38.2. The molecule has 0 atom stereocenters. The van der Waals surface area contributed by atoms with Gasteiger partial charge >= 0.3 is 11.9 Å². The van der Waals surface area contributed by atoms with Crippen LogP contribution in [-0.4, -0.2) is 16.9 Å². The molecule has 0 spiro atoms. The Hall–Kier alpha value is -3.22. The monoisotopic (exact) mass is 327 g/mol. The Balaban J connectivity index is 2.08. The van der Waals surface area contributed by atoms with Gasteiger partial charge in [0.2, 0.25) is 5.43 Å². The highest BCUT2D eigenvalue weighted by atomic mass is 16.5. The summed E-state index contributed by atoms with van der Waals surface area (Å²) in [7, 11) is 0. The molecule has 3 rings (SSSR count). The van der Waals surface area contributed by atoms with E-state index < -0.39 is 11.4 Å². The van der Waals surface area contributed by atoms with Crippen molar-refractivity contribution in [3.05, 3.63) is 46.1 Å². The lowest BCUT2D eigenvalue weighted by atomic mass is 10.1. The molecule has 0 amide bonds. The van der Waals surface area contributed by atoms with E-state index in [0.717, 1.165) is 5.56 Å². The molecule has 7 heteroatoms. The molecule has 0 unspecified atom stereocenters. The van der Waals surface area contributed by atoms with Gasteiger partial charge in [0.05, 0.1) is 0 Å². The Morgan fingerprint density at radius 3 is 2.62 bits per heavy atom. The molecule has 0 aromatic heterocycles. The van der Waals surface area contributed by atoms with Crippen molar-refractivity contribution in [2.75, 3.05) is 0 Å². The van der Waals surface area contributed by atoms with Gasteiger partial charge in [-0.2, -0.15) is 0 Å². The van der Waals surface area contributed by atoms with E-state index in [1.807, 2.05) is 0 Å². The summed E-state index contributed by atoms with van der Waals surface area (Å²) in [6.45, 7) is 2.67. The summed E-state index contributed by atoms with van der Waals surface area (Å²) in [6, 6.07) is 7.74. The smallest absolute Gasteiger partial charge is 0.308 e. The van der Waals surface area contributed by atoms with Gasteiger partial charge in [-0.15, -0.1) is 0 Å². The molecule has 122 valence electrons. The molecule has 1 heterocycles. The van der Waals surface area contributed by atoms with E-state index in [-0.39, 0.29) is 24.1 Å². The van der Waals surface area contributed by atoms with Crippen molar-refractivity contribution in [1.29, 1.82) is 0 Å². The highest BCUT2D eigenvalue weighted by molar-refractivity contribution is 5.78. The summed E-state index contributed by atoms with van der Waals surface area (Å²) < 4.78 is 15.5. The summed E-state index contributed by atoms with van der Waals surface area (Å²) in [5, 5.41) is 0. The SMILES string of the molecule is CC(=O)OCc1ccc2oc3cc(=O)c(OC(C)=O)cc-3nc2c1. The van der Waals surface area contributed by atoms with E-state index in [1.54, 1.807) is 18.2 Å². The van der Waals surface area contributed by atoms with Crippen LogP contribution in [0.15, 0.2) is 39.5 Å². The van der Waals surface area contributed by atoms with E-state index >= 15 is 0 Å². The van der Waals surface area contributed by atoms with Gasteiger partial charge < -0.3 is 13.9 Å². The van der Waals surface area contributed by atoms with Crippen LogP contribution in [0.2, 0.25) is 0 Å². The van der Waals surface area contributed by atoms with Crippen molar-refractivity contribution in [2.45, 2.75) is 20.5 Å². The number of esters is 2. The Bertz CT molecular complexity index is 975. The van der Waals surface area contributed by atoms with Gasteiger partial charge in [0, 0.05) is 26.0 Å². The summed E-state index contributed by atoms with van der Waals surface area (Å²) in [5.74, 6) is -0.780. The van der Waals surface area contributed by atoms with Gasteiger partial charge in [0.25, 0.3) is 0 Å². The minimum atomic E-state index is -0.590. The van der Waals surface area contributed by atoms with Crippen molar-refractivity contribution in [3.63, 3.8) is 0 Å². The maximum Gasteiger partial charge on any atom is 0.308 e. The molecule has 0 fully saturated rings. The molecule has 1 aliphatic carbocycles. The lowest BCUT2D eigenvalue weighted by Gasteiger charge is -2.09. The number of fused-ring (bicyclic) bond motifs is 2. The molecule has 0 saturated heterocycles. The van der Waals surface area contributed by atoms with Crippen LogP contribution in [0.5, 0.6) is 5.75 Å². The summed E-state index contributed by atoms with van der Waals surface area (Å²) in [5.41, 5.74) is 1.67. The van der Waals surface area contributed by atoms with Crippen LogP contribution in [0.1, 0.15) is 19.4 Å². The second kappa shape index (κ2) is 6.11. The zero-order valence-electron chi connectivity index (χ0n) is 13.0. The minimum Gasteiger partial charge on any atom is -0.461 e. The van der Waals surface area contributed by atoms with Crippen LogP contribution in [0.25, 0.3) is 22.6 Å². The number of ether oxygens (including phenoxy) is 2. The quantitative estimate of drug-likeness (QED) is 0.413. The number of hydrogen-bond acceptors (Lipinski definition) is 7. The molecule has 2 aliphatic rings. The van der Waals surface area contributed by atoms with Gasteiger partial charge in [0.1, 0.15) is 17.8 Å². The fourth-order valence-electron chi connectivity index (χ4n) is 2.19. The minimum absolute atomic E-state index is 0.104. The second-order valence-electron chi connectivity index (χ2n) is 5.16. The van der Waals surface area contributed by atoms with Crippen molar-refractivity contribution < 1.29 is 23.5 Å².